The largest absolute Gasteiger partial charge is 0.490 e. The van der Waals surface area contributed by atoms with Gasteiger partial charge in [0.05, 0.1) is 84.4 Å². The van der Waals surface area contributed by atoms with Crippen LogP contribution in [0.2, 0.25) is 10.0 Å². The first kappa shape index (κ1) is 78.8. The molecule has 4 aliphatic carbocycles. The Kier molecular flexibility index (Phi) is 24.5. The number of anilines is 2. The van der Waals surface area contributed by atoms with Crippen molar-refractivity contribution < 1.29 is 64.4 Å². The van der Waals surface area contributed by atoms with Crippen LogP contribution in [0.25, 0.3) is 0 Å². The molecule has 8 aliphatic rings. The third kappa shape index (κ3) is 16.3. The van der Waals surface area contributed by atoms with Crippen LogP contribution in [0.15, 0.2) is 97.1 Å². The number of fused-ring (bicyclic) bond motifs is 8. The fourth-order valence-corrected chi connectivity index (χ4v) is 20.5. The van der Waals surface area contributed by atoms with Crippen molar-refractivity contribution in [2.24, 2.45) is 35.5 Å². The number of nitrogens with one attached hydrogen (secondary N) is 2. The van der Waals surface area contributed by atoms with Gasteiger partial charge in [-0.1, -0.05) is 73.5 Å². The molecule has 0 unspecified atom stereocenters. The van der Waals surface area contributed by atoms with Crippen molar-refractivity contribution in [1.29, 1.82) is 0 Å². The number of amides is 4. The van der Waals surface area contributed by atoms with E-state index in [2.05, 4.69) is 43.5 Å². The molecular formula is C80H108Cl2N6O14S2. The molecule has 4 bridgehead atoms. The summed E-state index contributed by atoms with van der Waals surface area (Å²) >= 11 is 12.9. The Morgan fingerprint density at radius 2 is 0.981 bits per heavy atom. The number of allylic oxidation sites excluding steroid dienone is 2. The maximum absolute atomic E-state index is 13.9. The molecule has 4 amide bonds. The van der Waals surface area contributed by atoms with Crippen LogP contribution in [-0.4, -0.2) is 179 Å². The van der Waals surface area contributed by atoms with Crippen LogP contribution in [0.1, 0.15) is 162 Å². The van der Waals surface area contributed by atoms with Crippen molar-refractivity contribution in [2.75, 3.05) is 105 Å². The van der Waals surface area contributed by atoms with Gasteiger partial charge in [0.15, 0.2) is 0 Å². The second-order valence-corrected chi connectivity index (χ2v) is 36.3. The van der Waals surface area contributed by atoms with E-state index >= 15 is 0 Å². The lowest BCUT2D eigenvalue weighted by molar-refractivity contribution is -0.145. The number of carbonyl (C=O) groups excluding carboxylic acids is 4. The fourth-order valence-electron chi connectivity index (χ4n) is 17.6. The molecule has 0 aromatic heterocycles. The number of carbonyl (C=O) groups is 4. The average Bonchev–Trinajstić information content (AvgIpc) is 0.945. The number of ether oxygens (including phenoxy) is 6. The Bertz CT molecular complexity index is 3860. The van der Waals surface area contributed by atoms with Gasteiger partial charge in [0.25, 0.3) is 11.8 Å². The molecule has 14 atom stereocenters. The number of hydrogen-bond donors (Lipinski definition) is 2. The summed E-state index contributed by atoms with van der Waals surface area (Å²) < 4.78 is 95.8. The Morgan fingerprint density at radius 3 is 1.34 bits per heavy atom. The maximum Gasteiger partial charge on any atom is 0.264 e. The lowest BCUT2D eigenvalue weighted by Gasteiger charge is -2.50. The third-order valence-corrected chi connectivity index (χ3v) is 29.3. The molecule has 2 spiro atoms. The highest BCUT2D eigenvalue weighted by atomic mass is 35.5. The quantitative estimate of drug-likeness (QED) is 0.126. The Morgan fingerprint density at radius 1 is 0.587 bits per heavy atom. The van der Waals surface area contributed by atoms with E-state index in [4.69, 9.17) is 51.6 Å². The van der Waals surface area contributed by atoms with Crippen molar-refractivity contribution in [3.05, 3.63) is 141 Å². The van der Waals surface area contributed by atoms with Gasteiger partial charge >= 0.3 is 0 Å². The van der Waals surface area contributed by atoms with Gasteiger partial charge in [-0.15, -0.1) is 0 Å². The van der Waals surface area contributed by atoms with E-state index in [1.807, 2.05) is 64.1 Å². The van der Waals surface area contributed by atoms with Crippen molar-refractivity contribution in [3.8, 4) is 11.5 Å². The number of hydrogen-bond acceptors (Lipinski definition) is 16. The third-order valence-electron chi connectivity index (χ3n) is 25.0. The molecule has 568 valence electrons. The van der Waals surface area contributed by atoms with Gasteiger partial charge in [-0.2, -0.15) is 0 Å². The maximum atomic E-state index is 13.9. The molecule has 2 fully saturated rings. The molecule has 4 heterocycles. The highest BCUT2D eigenvalue weighted by Gasteiger charge is 2.53. The lowest BCUT2D eigenvalue weighted by atomic mass is 9.62. The summed E-state index contributed by atoms with van der Waals surface area (Å²) in [7, 11) is 2.18. The van der Waals surface area contributed by atoms with E-state index in [-0.39, 0.29) is 94.2 Å². The summed E-state index contributed by atoms with van der Waals surface area (Å²) in [6.07, 6.45) is 18.5. The van der Waals surface area contributed by atoms with Crippen LogP contribution in [0.3, 0.4) is 0 Å². The zero-order valence-electron chi connectivity index (χ0n) is 62.6. The minimum absolute atomic E-state index is 0.0145. The number of methoxy groups -OCH3 is 4. The molecule has 2 N–H and O–H groups in total. The first-order valence-electron chi connectivity index (χ1n) is 37.1. The Labute approximate surface area is 626 Å². The minimum Gasteiger partial charge on any atom is -0.490 e. The van der Waals surface area contributed by atoms with Crippen LogP contribution in [-0.2, 0) is 72.3 Å². The SMILES string of the molecule is COC[C@@H](C)N(C)C(=O)C[C@]1(OC)/C=C/C[C@H](C)[C@@H](C)S(=O)(=O)NC(=O)c2ccc3c(c2)N(C[C@@H]2CC[C@H]21)C[C@@]1(CCCc2cc(Cl)ccc21)CO3.COC[C@H](C)N(C)C(=O)C[C@]1(OC)/C=C/C[C@H](C)[C@@H](C)S(=O)(=O)NC(=O)c2ccc3c(c2)N(C[C@@H]2CC[C@H]21)C[C@@]1(CCCc2cc(Cl)ccc21)CO3. The average molecular weight is 1510 g/mol. The number of aryl methyl sites for hydroxylation is 2. The van der Waals surface area contributed by atoms with Gasteiger partial charge in [0.1, 0.15) is 11.5 Å². The van der Waals surface area contributed by atoms with Gasteiger partial charge in [0.2, 0.25) is 31.9 Å². The van der Waals surface area contributed by atoms with Gasteiger partial charge in [0, 0.05) is 101 Å². The van der Waals surface area contributed by atoms with Gasteiger partial charge in [-0.05, 0) is 223 Å². The summed E-state index contributed by atoms with van der Waals surface area (Å²) in [5.74, 6) is -0.386. The molecular weight excluding hydrogens is 1400 g/mol. The Hall–Kier alpha value is -6.24. The van der Waals surface area contributed by atoms with E-state index in [1.54, 1.807) is 103 Å². The molecule has 4 aromatic rings. The van der Waals surface area contributed by atoms with E-state index in [9.17, 15) is 36.0 Å². The first-order chi connectivity index (χ1) is 49.4. The summed E-state index contributed by atoms with van der Waals surface area (Å²) in [6, 6.07) is 22.5. The van der Waals surface area contributed by atoms with Crippen molar-refractivity contribution in [3.63, 3.8) is 0 Å². The standard InChI is InChI=1S/2C40H54ClN3O7S/c2*1-26-9-7-18-40(50-6,21-37(45)43(4)27(2)23-49-5)34-14-11-31(34)22-44-24-39(17-8-10-29-19-32(41)13-15-33(29)39)25-51-36-16-12-30(20-35(36)44)38(46)42-52(47,48)28(26)3/h2*7,12-13,15-16,18-20,26-28,31,34H,8-11,14,17,21-25H2,1-6H3,(H,42,46)/b2*18-7+/t26-,27+,28+,31-,34+,39-,40+;26-,27-,28+,31-,34+,39-,40+/m00/s1. The predicted molar refractivity (Wildman–Crippen MR) is 407 cm³/mol. The topological polar surface area (TPSA) is 229 Å². The van der Waals surface area contributed by atoms with Crippen LogP contribution >= 0.6 is 23.2 Å². The summed E-state index contributed by atoms with van der Waals surface area (Å²) in [6.45, 7) is 15.2. The summed E-state index contributed by atoms with van der Waals surface area (Å²) in [5, 5.41) is -0.284. The predicted octanol–water partition coefficient (Wildman–Crippen LogP) is 12.3. The van der Waals surface area contributed by atoms with Crippen molar-refractivity contribution in [1.82, 2.24) is 19.2 Å². The molecule has 24 heteroatoms. The second-order valence-electron chi connectivity index (χ2n) is 31.3. The molecule has 2 saturated carbocycles. The Balaban J connectivity index is 0.000000208. The number of rotatable bonds is 12. The normalized spacial score (nSPS) is 31.1. The summed E-state index contributed by atoms with van der Waals surface area (Å²) in [5.41, 5.74) is 4.45. The summed E-state index contributed by atoms with van der Waals surface area (Å²) in [4.78, 5) is 63.2. The molecule has 0 saturated heterocycles. The van der Waals surface area contributed by atoms with Crippen molar-refractivity contribution >= 4 is 78.3 Å². The number of likely N-dealkylation sites (N-methyl/N-ethyl adjacent to an activating group) is 2. The molecule has 4 aromatic carbocycles. The number of benzene rings is 4. The molecule has 20 nitrogen and oxygen atoms in total. The van der Waals surface area contributed by atoms with E-state index in [1.165, 1.54) is 22.3 Å². The van der Waals surface area contributed by atoms with E-state index in [0.29, 0.717) is 87.0 Å². The zero-order valence-corrected chi connectivity index (χ0v) is 65.8. The zero-order chi connectivity index (χ0) is 74.8. The molecule has 12 rings (SSSR count). The number of sulfonamides is 2. The number of nitrogens with zero attached hydrogens (tertiary/aromatic N) is 4. The highest BCUT2D eigenvalue weighted by Crippen LogP contribution is 2.53. The van der Waals surface area contributed by atoms with E-state index < -0.39 is 53.6 Å². The fraction of sp³-hybridized carbons (Fsp3) is 0.600. The van der Waals surface area contributed by atoms with Crippen LogP contribution < -0.4 is 28.7 Å². The smallest absolute Gasteiger partial charge is 0.264 e. The van der Waals surface area contributed by atoms with Crippen LogP contribution in [0.4, 0.5) is 11.4 Å². The van der Waals surface area contributed by atoms with Crippen LogP contribution in [0, 0.1) is 35.5 Å². The second kappa shape index (κ2) is 32.3. The van der Waals surface area contributed by atoms with Crippen LogP contribution in [0.5, 0.6) is 11.5 Å². The monoisotopic (exact) mass is 1510 g/mol. The molecule has 0 radical (unpaired) electrons. The molecule has 104 heavy (non-hydrogen) atoms. The van der Waals surface area contributed by atoms with E-state index in [0.717, 1.165) is 75.6 Å². The highest BCUT2D eigenvalue weighted by molar-refractivity contribution is 7.91. The minimum atomic E-state index is -4.02. The van der Waals surface area contributed by atoms with Gasteiger partial charge in [-0.25, -0.2) is 26.3 Å². The lowest BCUT2D eigenvalue weighted by Crippen LogP contribution is -2.55. The molecule has 4 aliphatic heterocycles. The first-order valence-corrected chi connectivity index (χ1v) is 41.0. The van der Waals surface area contributed by atoms with Gasteiger partial charge in [-0.3, -0.25) is 19.2 Å². The van der Waals surface area contributed by atoms with Crippen molar-refractivity contribution in [2.45, 2.75) is 176 Å². The number of halogens is 2. The van der Waals surface area contributed by atoms with Gasteiger partial charge < -0.3 is 48.0 Å².